The lowest BCUT2D eigenvalue weighted by molar-refractivity contribution is -0.125. The zero-order valence-electron chi connectivity index (χ0n) is 11.1. The number of likely N-dealkylation sites (tertiary alicyclic amines) is 1. The predicted molar refractivity (Wildman–Crippen MR) is 65.1 cm³/mol. The summed E-state index contributed by atoms with van der Waals surface area (Å²) in [6.07, 6.45) is -2.91. The molecule has 2 N–H and O–H groups in total. The summed E-state index contributed by atoms with van der Waals surface area (Å²) in [5.41, 5.74) is 0.428. The van der Waals surface area contributed by atoms with E-state index in [-0.39, 0.29) is 13.0 Å². The fourth-order valence-corrected chi connectivity index (χ4v) is 2.05. The highest BCUT2D eigenvalue weighted by Crippen LogP contribution is 2.21. The number of rotatable bonds is 3. The molecule has 2 amide bonds. The maximum absolute atomic E-state index is 13.6. The molecular formula is C12H18F2N2O3. The summed E-state index contributed by atoms with van der Waals surface area (Å²) in [6, 6.07) is -1.95. The van der Waals surface area contributed by atoms with E-state index in [1.165, 1.54) is 6.92 Å². The van der Waals surface area contributed by atoms with Crippen LogP contribution in [0.4, 0.5) is 13.6 Å². The minimum absolute atomic E-state index is 0.193. The minimum atomic E-state index is -1.37. The standard InChI is InChI=1S/C12H18F2N2O3/c1-6(2)10(14)7(3)15-11(17)9-4-8(13)5-16(9)12(18)19/h7-9H,4-5H2,1-3H3,(H,15,17)(H,18,19)/t7?,8-,9+/m1/s1. The van der Waals surface area contributed by atoms with Crippen molar-refractivity contribution in [2.24, 2.45) is 0 Å². The number of hydrogen-bond donors (Lipinski definition) is 2. The summed E-state index contributed by atoms with van der Waals surface area (Å²) >= 11 is 0. The van der Waals surface area contributed by atoms with Crippen molar-refractivity contribution < 1.29 is 23.5 Å². The number of halogens is 2. The highest BCUT2D eigenvalue weighted by atomic mass is 19.1. The number of amides is 2. The Kier molecular flexibility index (Phi) is 4.85. The van der Waals surface area contributed by atoms with Gasteiger partial charge in [-0.25, -0.2) is 13.6 Å². The second-order valence-electron chi connectivity index (χ2n) is 4.86. The summed E-state index contributed by atoms with van der Waals surface area (Å²) < 4.78 is 26.8. The van der Waals surface area contributed by atoms with E-state index in [0.29, 0.717) is 5.57 Å². The Hall–Kier alpha value is -1.66. The third kappa shape index (κ3) is 3.65. The number of hydrogen-bond acceptors (Lipinski definition) is 2. The molecule has 0 aromatic rings. The molecular weight excluding hydrogens is 258 g/mol. The molecule has 1 fully saturated rings. The van der Waals surface area contributed by atoms with Crippen LogP contribution in [0.2, 0.25) is 0 Å². The molecule has 5 nitrogen and oxygen atoms in total. The van der Waals surface area contributed by atoms with Gasteiger partial charge in [0.05, 0.1) is 12.6 Å². The molecule has 19 heavy (non-hydrogen) atoms. The lowest BCUT2D eigenvalue weighted by Crippen LogP contribution is -2.48. The van der Waals surface area contributed by atoms with Crippen LogP contribution in [0.5, 0.6) is 0 Å². The van der Waals surface area contributed by atoms with Gasteiger partial charge < -0.3 is 10.4 Å². The fraction of sp³-hybridized carbons (Fsp3) is 0.667. The van der Waals surface area contributed by atoms with Crippen LogP contribution in [-0.4, -0.2) is 46.8 Å². The lowest BCUT2D eigenvalue weighted by atomic mass is 10.1. The van der Waals surface area contributed by atoms with Crippen molar-refractivity contribution in [3.63, 3.8) is 0 Å². The predicted octanol–water partition coefficient (Wildman–Crippen LogP) is 1.84. The smallest absolute Gasteiger partial charge is 0.408 e. The maximum Gasteiger partial charge on any atom is 0.408 e. The van der Waals surface area contributed by atoms with Gasteiger partial charge in [0.1, 0.15) is 18.0 Å². The molecule has 0 aromatic carbocycles. The van der Waals surface area contributed by atoms with E-state index in [0.717, 1.165) is 4.90 Å². The Morgan fingerprint density at radius 1 is 1.42 bits per heavy atom. The first-order valence-electron chi connectivity index (χ1n) is 6.01. The van der Waals surface area contributed by atoms with Gasteiger partial charge in [0, 0.05) is 6.42 Å². The molecule has 1 heterocycles. The Balaban J connectivity index is 2.73. The van der Waals surface area contributed by atoms with E-state index in [1.807, 2.05) is 0 Å². The zero-order chi connectivity index (χ0) is 14.7. The number of carbonyl (C=O) groups excluding carboxylic acids is 1. The number of carbonyl (C=O) groups is 2. The Morgan fingerprint density at radius 2 is 2.00 bits per heavy atom. The second-order valence-corrected chi connectivity index (χ2v) is 4.86. The van der Waals surface area contributed by atoms with Crippen molar-refractivity contribution in [2.75, 3.05) is 6.54 Å². The molecule has 1 aliphatic heterocycles. The van der Waals surface area contributed by atoms with Crippen LogP contribution in [0.3, 0.4) is 0 Å². The van der Waals surface area contributed by atoms with Crippen LogP contribution in [-0.2, 0) is 4.79 Å². The maximum atomic E-state index is 13.6. The SMILES string of the molecule is CC(C)=C(F)C(C)NC(=O)[C@@H]1C[C@@H](F)CN1C(=O)O. The van der Waals surface area contributed by atoms with Crippen molar-refractivity contribution in [1.29, 1.82) is 0 Å². The van der Waals surface area contributed by atoms with Crippen LogP contribution < -0.4 is 5.32 Å². The fourth-order valence-electron chi connectivity index (χ4n) is 2.05. The summed E-state index contributed by atoms with van der Waals surface area (Å²) in [7, 11) is 0. The third-order valence-electron chi connectivity index (χ3n) is 3.01. The summed E-state index contributed by atoms with van der Waals surface area (Å²) in [5.74, 6) is -1.16. The van der Waals surface area contributed by atoms with Gasteiger partial charge in [0.2, 0.25) is 5.91 Å². The first-order valence-corrected chi connectivity index (χ1v) is 6.01. The molecule has 7 heteroatoms. The second kappa shape index (κ2) is 5.99. The molecule has 0 aromatic heterocycles. The Bertz CT molecular complexity index is 408. The molecule has 1 unspecified atom stereocenters. The van der Waals surface area contributed by atoms with Gasteiger partial charge in [-0.05, 0) is 26.3 Å². The van der Waals surface area contributed by atoms with Gasteiger partial charge in [-0.1, -0.05) is 0 Å². The van der Waals surface area contributed by atoms with Crippen molar-refractivity contribution in [3.05, 3.63) is 11.4 Å². The lowest BCUT2D eigenvalue weighted by Gasteiger charge is -2.22. The zero-order valence-corrected chi connectivity index (χ0v) is 11.1. The highest BCUT2D eigenvalue weighted by Gasteiger charge is 2.40. The molecule has 1 saturated heterocycles. The summed E-state index contributed by atoms with van der Waals surface area (Å²) in [6.45, 7) is 4.25. The van der Waals surface area contributed by atoms with Gasteiger partial charge in [-0.15, -0.1) is 0 Å². The number of nitrogens with zero attached hydrogens (tertiary/aromatic N) is 1. The third-order valence-corrected chi connectivity index (χ3v) is 3.01. The van der Waals surface area contributed by atoms with Gasteiger partial charge in [0.15, 0.2) is 0 Å². The van der Waals surface area contributed by atoms with E-state index in [2.05, 4.69) is 5.32 Å². The van der Waals surface area contributed by atoms with Crippen LogP contribution in [0.1, 0.15) is 27.2 Å². The van der Waals surface area contributed by atoms with Gasteiger partial charge >= 0.3 is 6.09 Å². The van der Waals surface area contributed by atoms with E-state index in [4.69, 9.17) is 5.11 Å². The Morgan fingerprint density at radius 3 is 2.47 bits per heavy atom. The number of nitrogens with one attached hydrogen (secondary N) is 1. The molecule has 0 bridgehead atoms. The number of alkyl halides is 1. The van der Waals surface area contributed by atoms with Crippen molar-refractivity contribution in [3.8, 4) is 0 Å². The molecule has 3 atom stereocenters. The van der Waals surface area contributed by atoms with Crippen molar-refractivity contribution in [1.82, 2.24) is 10.2 Å². The van der Waals surface area contributed by atoms with E-state index < -0.39 is 36.1 Å². The average molecular weight is 276 g/mol. The first kappa shape index (κ1) is 15.4. The monoisotopic (exact) mass is 276 g/mol. The van der Waals surface area contributed by atoms with Gasteiger partial charge in [-0.3, -0.25) is 9.69 Å². The van der Waals surface area contributed by atoms with Gasteiger partial charge in [-0.2, -0.15) is 0 Å². The van der Waals surface area contributed by atoms with Crippen LogP contribution in [0.25, 0.3) is 0 Å². The topological polar surface area (TPSA) is 69.6 Å². The van der Waals surface area contributed by atoms with Crippen molar-refractivity contribution >= 4 is 12.0 Å². The molecule has 1 rings (SSSR count). The molecule has 0 radical (unpaired) electrons. The highest BCUT2D eigenvalue weighted by molar-refractivity contribution is 5.86. The van der Waals surface area contributed by atoms with Crippen molar-refractivity contribution in [2.45, 2.75) is 45.4 Å². The molecule has 0 saturated carbocycles. The minimum Gasteiger partial charge on any atom is -0.465 e. The summed E-state index contributed by atoms with van der Waals surface area (Å²) in [4.78, 5) is 23.5. The Labute approximate surface area is 110 Å². The van der Waals surface area contributed by atoms with Crippen LogP contribution in [0.15, 0.2) is 11.4 Å². The largest absolute Gasteiger partial charge is 0.465 e. The molecule has 0 spiro atoms. The average Bonchev–Trinajstić information content (AvgIpc) is 2.70. The number of carboxylic acid groups (broad SMARTS) is 1. The first-order chi connectivity index (χ1) is 8.73. The van der Waals surface area contributed by atoms with E-state index in [1.54, 1.807) is 13.8 Å². The van der Waals surface area contributed by atoms with Crippen LogP contribution in [0, 0.1) is 0 Å². The van der Waals surface area contributed by atoms with Gasteiger partial charge in [0.25, 0.3) is 0 Å². The van der Waals surface area contributed by atoms with Crippen LogP contribution >= 0.6 is 0 Å². The number of allylic oxidation sites excluding steroid dienone is 1. The molecule has 0 aliphatic carbocycles. The molecule has 1 aliphatic rings. The van der Waals surface area contributed by atoms with E-state index >= 15 is 0 Å². The normalized spacial score (nSPS) is 23.9. The van der Waals surface area contributed by atoms with E-state index in [9.17, 15) is 18.4 Å². The quantitative estimate of drug-likeness (QED) is 0.826. The molecule has 108 valence electrons. The summed E-state index contributed by atoms with van der Waals surface area (Å²) in [5, 5.41) is 11.2.